The van der Waals surface area contributed by atoms with Crippen molar-refractivity contribution < 1.29 is 37.7 Å². The molecule has 1 aliphatic rings. The summed E-state index contributed by atoms with van der Waals surface area (Å²) in [7, 11) is 0. The third-order valence-electron chi connectivity index (χ3n) is 5.12. The molecule has 174 valence electrons. The maximum absolute atomic E-state index is 15.3. The number of rotatable bonds is 7. The Kier molecular flexibility index (Phi) is 7.29. The minimum atomic E-state index is -2.00. The molecule has 0 aliphatic carbocycles. The maximum Gasteiger partial charge on any atom is 0.340 e. The van der Waals surface area contributed by atoms with Crippen LogP contribution >= 0.6 is 0 Å². The molecule has 1 fully saturated rings. The Morgan fingerprint density at radius 3 is 1.62 bits per heavy atom. The standard InChI is InChI=1S/C26H21FO7/c27-21-22(33-24(29)18-12-6-2-7-13-18)20(16-31-23(28)17-10-4-1-5-11-17)32-26(21)34-25(30)19-14-8-3-9-15-19/h1-15,20-22,26H,16H2/t20-,21+,22-,26+/m1/s1. The Morgan fingerprint density at radius 2 is 1.12 bits per heavy atom. The molecule has 3 aromatic rings. The minimum absolute atomic E-state index is 0.204. The first-order valence-corrected chi connectivity index (χ1v) is 10.6. The predicted molar refractivity (Wildman–Crippen MR) is 118 cm³/mol. The van der Waals surface area contributed by atoms with Gasteiger partial charge in [0.1, 0.15) is 12.7 Å². The van der Waals surface area contributed by atoms with E-state index in [9.17, 15) is 14.4 Å². The Morgan fingerprint density at radius 1 is 0.676 bits per heavy atom. The molecule has 1 aliphatic heterocycles. The second-order valence-electron chi connectivity index (χ2n) is 7.46. The lowest BCUT2D eigenvalue weighted by atomic mass is 10.1. The average Bonchev–Trinajstić information content (AvgIpc) is 3.17. The summed E-state index contributed by atoms with van der Waals surface area (Å²) in [6.45, 7) is -0.416. The van der Waals surface area contributed by atoms with Gasteiger partial charge in [-0.3, -0.25) is 0 Å². The maximum atomic E-state index is 15.3. The number of ether oxygens (including phenoxy) is 4. The largest absolute Gasteiger partial charge is 0.459 e. The van der Waals surface area contributed by atoms with E-state index in [-0.39, 0.29) is 11.1 Å². The highest BCUT2D eigenvalue weighted by molar-refractivity contribution is 5.90. The van der Waals surface area contributed by atoms with E-state index in [1.807, 2.05) is 0 Å². The average molecular weight is 464 g/mol. The van der Waals surface area contributed by atoms with Crippen LogP contribution in [-0.2, 0) is 18.9 Å². The second kappa shape index (κ2) is 10.7. The Balaban J connectivity index is 1.47. The summed E-state index contributed by atoms with van der Waals surface area (Å²) < 4.78 is 36.6. The van der Waals surface area contributed by atoms with Crippen LogP contribution in [-0.4, -0.2) is 49.2 Å². The highest BCUT2D eigenvalue weighted by Gasteiger charge is 2.50. The van der Waals surface area contributed by atoms with Gasteiger partial charge in [-0.25, -0.2) is 18.8 Å². The van der Waals surface area contributed by atoms with Crippen molar-refractivity contribution in [1.82, 2.24) is 0 Å². The quantitative estimate of drug-likeness (QED) is 0.386. The van der Waals surface area contributed by atoms with E-state index >= 15 is 4.39 Å². The van der Waals surface area contributed by atoms with Gasteiger partial charge in [0.25, 0.3) is 0 Å². The predicted octanol–water partition coefficient (Wildman–Crippen LogP) is 3.99. The van der Waals surface area contributed by atoms with Gasteiger partial charge in [-0.2, -0.15) is 0 Å². The molecular weight excluding hydrogens is 443 g/mol. The lowest BCUT2D eigenvalue weighted by Gasteiger charge is -2.19. The van der Waals surface area contributed by atoms with Gasteiger partial charge in [0, 0.05) is 0 Å². The molecule has 7 nitrogen and oxygen atoms in total. The van der Waals surface area contributed by atoms with E-state index in [4.69, 9.17) is 18.9 Å². The van der Waals surface area contributed by atoms with Crippen molar-refractivity contribution in [3.8, 4) is 0 Å². The molecule has 0 N–H and O–H groups in total. The summed E-state index contributed by atoms with van der Waals surface area (Å²) in [6, 6.07) is 24.2. The van der Waals surface area contributed by atoms with Gasteiger partial charge < -0.3 is 18.9 Å². The van der Waals surface area contributed by atoms with Crippen molar-refractivity contribution in [3.63, 3.8) is 0 Å². The van der Waals surface area contributed by atoms with Crippen LogP contribution in [0.3, 0.4) is 0 Å². The molecule has 0 bridgehead atoms. The monoisotopic (exact) mass is 464 g/mol. The smallest absolute Gasteiger partial charge is 0.340 e. The fraction of sp³-hybridized carbons (Fsp3) is 0.192. The fourth-order valence-electron chi connectivity index (χ4n) is 3.38. The Hall–Kier alpha value is -4.04. The van der Waals surface area contributed by atoms with Gasteiger partial charge in [-0.15, -0.1) is 0 Å². The lowest BCUT2D eigenvalue weighted by Crippen LogP contribution is -2.37. The van der Waals surface area contributed by atoms with Gasteiger partial charge in [-0.1, -0.05) is 54.6 Å². The minimum Gasteiger partial charge on any atom is -0.459 e. The molecule has 3 aromatic carbocycles. The molecule has 4 atom stereocenters. The van der Waals surface area contributed by atoms with Crippen molar-refractivity contribution in [3.05, 3.63) is 108 Å². The van der Waals surface area contributed by atoms with Gasteiger partial charge in [0.05, 0.1) is 16.7 Å². The molecule has 1 saturated heterocycles. The molecule has 0 radical (unpaired) electrons. The van der Waals surface area contributed by atoms with Crippen LogP contribution < -0.4 is 0 Å². The molecule has 0 aromatic heterocycles. The molecule has 34 heavy (non-hydrogen) atoms. The topological polar surface area (TPSA) is 88.1 Å². The lowest BCUT2D eigenvalue weighted by molar-refractivity contribution is -0.129. The van der Waals surface area contributed by atoms with E-state index in [0.717, 1.165) is 0 Å². The van der Waals surface area contributed by atoms with E-state index in [0.29, 0.717) is 5.56 Å². The van der Waals surface area contributed by atoms with Gasteiger partial charge in [-0.05, 0) is 36.4 Å². The molecule has 0 unspecified atom stereocenters. The van der Waals surface area contributed by atoms with Crippen LogP contribution in [0.25, 0.3) is 0 Å². The summed E-state index contributed by atoms with van der Waals surface area (Å²) in [5.74, 6) is -2.24. The van der Waals surface area contributed by atoms with E-state index in [1.54, 1.807) is 66.7 Å². The van der Waals surface area contributed by atoms with E-state index < -0.39 is 49.2 Å². The van der Waals surface area contributed by atoms with Crippen molar-refractivity contribution in [1.29, 1.82) is 0 Å². The summed E-state index contributed by atoms with van der Waals surface area (Å²) in [4.78, 5) is 37.2. The second-order valence-corrected chi connectivity index (χ2v) is 7.46. The van der Waals surface area contributed by atoms with Gasteiger partial charge >= 0.3 is 17.9 Å². The molecule has 1 heterocycles. The van der Waals surface area contributed by atoms with Crippen LogP contribution in [0.4, 0.5) is 4.39 Å². The number of alkyl halides is 1. The number of carbonyl (C=O) groups is 3. The molecule has 8 heteroatoms. The SMILES string of the molecule is O=C(OC[C@H]1O[C@@H](OC(=O)c2ccccc2)[C@@H](F)[C@@H]1OC(=O)c1ccccc1)c1ccccc1. The molecule has 0 saturated carbocycles. The first kappa shape index (κ1) is 23.1. The zero-order valence-corrected chi connectivity index (χ0v) is 17.9. The summed E-state index contributed by atoms with van der Waals surface area (Å²) in [5, 5.41) is 0. The normalized spacial score (nSPS) is 21.4. The first-order valence-electron chi connectivity index (χ1n) is 10.6. The summed E-state index contributed by atoms with van der Waals surface area (Å²) >= 11 is 0. The van der Waals surface area contributed by atoms with Crippen LogP contribution in [0.15, 0.2) is 91.0 Å². The first-order chi connectivity index (χ1) is 16.5. The number of hydrogen-bond donors (Lipinski definition) is 0. The number of halogens is 1. The van der Waals surface area contributed by atoms with Crippen molar-refractivity contribution in [2.75, 3.05) is 6.61 Å². The van der Waals surface area contributed by atoms with Crippen LogP contribution in [0, 0.1) is 0 Å². The highest BCUT2D eigenvalue weighted by Crippen LogP contribution is 2.29. The number of benzene rings is 3. The number of carbonyl (C=O) groups excluding carboxylic acids is 3. The molecule has 4 rings (SSSR count). The fourth-order valence-corrected chi connectivity index (χ4v) is 3.38. The van der Waals surface area contributed by atoms with Crippen LogP contribution in [0.5, 0.6) is 0 Å². The van der Waals surface area contributed by atoms with Crippen molar-refractivity contribution in [2.45, 2.75) is 24.7 Å². The Labute approximate surface area is 195 Å². The highest BCUT2D eigenvalue weighted by atomic mass is 19.1. The van der Waals surface area contributed by atoms with Crippen molar-refractivity contribution in [2.24, 2.45) is 0 Å². The van der Waals surface area contributed by atoms with Crippen LogP contribution in [0.1, 0.15) is 31.1 Å². The molecule has 0 spiro atoms. The van der Waals surface area contributed by atoms with E-state index in [1.165, 1.54) is 24.3 Å². The summed E-state index contributed by atoms with van der Waals surface area (Å²) in [5.41, 5.74) is 0.705. The van der Waals surface area contributed by atoms with Gasteiger partial charge in [0.15, 0.2) is 6.10 Å². The molecular formula is C26H21FO7. The molecule has 0 amide bonds. The van der Waals surface area contributed by atoms with E-state index in [2.05, 4.69) is 0 Å². The zero-order valence-electron chi connectivity index (χ0n) is 17.9. The zero-order chi connectivity index (χ0) is 23.9. The van der Waals surface area contributed by atoms with Gasteiger partial charge in [0.2, 0.25) is 12.5 Å². The number of hydrogen-bond acceptors (Lipinski definition) is 7. The third-order valence-corrected chi connectivity index (χ3v) is 5.12. The Bertz CT molecular complexity index is 1120. The number of esters is 3. The summed E-state index contributed by atoms with van der Waals surface area (Å²) in [6.07, 6.45) is -6.31. The van der Waals surface area contributed by atoms with Crippen LogP contribution in [0.2, 0.25) is 0 Å². The van der Waals surface area contributed by atoms with Crippen molar-refractivity contribution >= 4 is 17.9 Å². The third kappa shape index (κ3) is 5.47.